The van der Waals surface area contributed by atoms with E-state index in [-0.39, 0.29) is 12.4 Å². The first-order valence-electron chi connectivity index (χ1n) is 8.36. The minimum Gasteiger partial charge on any atom is -0.453 e. The molecule has 2 heterocycles. The van der Waals surface area contributed by atoms with Crippen molar-refractivity contribution in [2.24, 2.45) is 7.05 Å². The highest BCUT2D eigenvalue weighted by molar-refractivity contribution is 7.12. The number of carbonyl (C=O) groups excluding carboxylic acids is 2. The third kappa shape index (κ3) is 3.48. The second-order valence-electron chi connectivity index (χ2n) is 6.37. The Hall–Kier alpha value is -2.66. The van der Waals surface area contributed by atoms with Crippen LogP contribution in [0.5, 0.6) is 0 Å². The average molecular weight is 367 g/mol. The van der Waals surface area contributed by atoms with Gasteiger partial charge in [0.05, 0.1) is 0 Å². The van der Waals surface area contributed by atoms with Crippen LogP contribution in [-0.4, -0.2) is 22.9 Å². The number of rotatable bonds is 5. The molecular formula is C21H21NO3S. The molecule has 0 bridgehead atoms. The van der Waals surface area contributed by atoms with Gasteiger partial charge in [-0.2, -0.15) is 0 Å². The number of hydrogen-bond acceptors (Lipinski definition) is 4. The first-order valence-corrected chi connectivity index (χ1v) is 9.24. The van der Waals surface area contributed by atoms with Crippen LogP contribution in [0.15, 0.2) is 41.8 Å². The summed E-state index contributed by atoms with van der Waals surface area (Å²) in [5, 5.41) is 1.86. The Balaban J connectivity index is 1.73. The quantitative estimate of drug-likeness (QED) is 0.484. The molecule has 0 aliphatic carbocycles. The summed E-state index contributed by atoms with van der Waals surface area (Å²) in [4.78, 5) is 25.4. The van der Waals surface area contributed by atoms with Gasteiger partial charge in [-0.3, -0.25) is 4.79 Å². The molecule has 3 aromatic rings. The summed E-state index contributed by atoms with van der Waals surface area (Å²) in [5.74, 6) is -0.651. The van der Waals surface area contributed by atoms with Gasteiger partial charge in [-0.25, -0.2) is 4.79 Å². The van der Waals surface area contributed by atoms with E-state index in [4.69, 9.17) is 4.74 Å². The van der Waals surface area contributed by atoms with Gasteiger partial charge in [-0.1, -0.05) is 29.8 Å². The van der Waals surface area contributed by atoms with Crippen molar-refractivity contribution in [1.29, 1.82) is 0 Å². The molecule has 0 N–H and O–H groups in total. The highest BCUT2D eigenvalue weighted by Crippen LogP contribution is 2.29. The van der Waals surface area contributed by atoms with Crippen molar-refractivity contribution in [2.75, 3.05) is 6.61 Å². The first kappa shape index (κ1) is 18.1. The Morgan fingerprint density at radius 3 is 2.38 bits per heavy atom. The van der Waals surface area contributed by atoms with Gasteiger partial charge in [0.2, 0.25) is 5.78 Å². The molecule has 26 heavy (non-hydrogen) atoms. The van der Waals surface area contributed by atoms with Crippen LogP contribution in [0, 0.1) is 20.8 Å². The molecule has 4 nitrogen and oxygen atoms in total. The summed E-state index contributed by atoms with van der Waals surface area (Å²) < 4.78 is 7.25. The summed E-state index contributed by atoms with van der Waals surface area (Å²) in [5.41, 5.74) is 5.43. The standard InChI is InChI=1S/C21H21NO3S/c1-13-5-7-16(8-6-13)17-9-10-26-20(17)21(24)25-12-19(23)18-11-14(2)22(4)15(18)3/h5-11H,12H2,1-4H3. The fourth-order valence-corrected chi connectivity index (χ4v) is 3.65. The Morgan fingerprint density at radius 2 is 1.77 bits per heavy atom. The van der Waals surface area contributed by atoms with E-state index in [9.17, 15) is 9.59 Å². The van der Waals surface area contributed by atoms with Crippen molar-refractivity contribution in [3.63, 3.8) is 0 Å². The summed E-state index contributed by atoms with van der Waals surface area (Å²) in [6.45, 7) is 5.59. The van der Waals surface area contributed by atoms with Crippen LogP contribution in [0.1, 0.15) is 37.0 Å². The van der Waals surface area contributed by atoms with Crippen LogP contribution in [-0.2, 0) is 11.8 Å². The predicted molar refractivity (Wildman–Crippen MR) is 104 cm³/mol. The Labute approximate surface area is 157 Å². The molecule has 5 heteroatoms. The monoisotopic (exact) mass is 367 g/mol. The molecular weight excluding hydrogens is 346 g/mol. The van der Waals surface area contributed by atoms with Crippen molar-refractivity contribution in [3.8, 4) is 11.1 Å². The van der Waals surface area contributed by atoms with Crippen LogP contribution >= 0.6 is 11.3 Å². The number of nitrogens with zero attached hydrogens (tertiary/aromatic N) is 1. The van der Waals surface area contributed by atoms with Gasteiger partial charge in [0, 0.05) is 29.6 Å². The third-order valence-corrected chi connectivity index (χ3v) is 5.52. The summed E-state index contributed by atoms with van der Waals surface area (Å²) in [6.07, 6.45) is 0. The number of aromatic nitrogens is 1. The van der Waals surface area contributed by atoms with Crippen molar-refractivity contribution in [3.05, 3.63) is 69.2 Å². The van der Waals surface area contributed by atoms with E-state index in [1.54, 1.807) is 0 Å². The number of aryl methyl sites for hydroxylation is 2. The molecule has 0 aliphatic rings. The highest BCUT2D eigenvalue weighted by Gasteiger charge is 2.19. The van der Waals surface area contributed by atoms with Gasteiger partial charge < -0.3 is 9.30 Å². The zero-order chi connectivity index (χ0) is 18.8. The maximum absolute atomic E-state index is 12.5. The van der Waals surface area contributed by atoms with Gasteiger partial charge in [0.1, 0.15) is 4.88 Å². The first-order chi connectivity index (χ1) is 12.4. The number of Topliss-reactive ketones (excluding diaryl/α,β-unsaturated/α-hetero) is 1. The molecule has 1 aromatic carbocycles. The molecule has 0 saturated carbocycles. The molecule has 0 atom stereocenters. The molecule has 0 saturated heterocycles. The lowest BCUT2D eigenvalue weighted by Crippen LogP contribution is -2.14. The number of benzene rings is 1. The van der Waals surface area contributed by atoms with Gasteiger partial charge >= 0.3 is 5.97 Å². The smallest absolute Gasteiger partial charge is 0.349 e. The Kier molecular flexibility index (Phi) is 5.09. The number of ketones is 1. The summed E-state index contributed by atoms with van der Waals surface area (Å²) in [6, 6.07) is 11.7. The van der Waals surface area contributed by atoms with Crippen molar-refractivity contribution >= 4 is 23.1 Å². The zero-order valence-corrected chi connectivity index (χ0v) is 16.1. The van der Waals surface area contributed by atoms with Crippen LogP contribution in [0.2, 0.25) is 0 Å². The maximum atomic E-state index is 12.5. The summed E-state index contributed by atoms with van der Waals surface area (Å²) >= 11 is 1.32. The lowest BCUT2D eigenvalue weighted by molar-refractivity contribution is 0.0480. The van der Waals surface area contributed by atoms with E-state index in [2.05, 4.69) is 0 Å². The Bertz CT molecular complexity index is 964. The lowest BCUT2D eigenvalue weighted by Gasteiger charge is -2.06. The largest absolute Gasteiger partial charge is 0.453 e. The minimum absolute atomic E-state index is 0.187. The molecule has 0 spiro atoms. The average Bonchev–Trinajstić information content (AvgIpc) is 3.21. The number of hydrogen-bond donors (Lipinski definition) is 0. The van der Waals surface area contributed by atoms with E-state index in [0.717, 1.165) is 28.1 Å². The van der Waals surface area contributed by atoms with Crippen LogP contribution in [0.3, 0.4) is 0 Å². The topological polar surface area (TPSA) is 48.3 Å². The fourth-order valence-electron chi connectivity index (χ4n) is 2.84. The second-order valence-corrected chi connectivity index (χ2v) is 7.29. The number of carbonyl (C=O) groups is 2. The van der Waals surface area contributed by atoms with Gasteiger partial charge in [-0.15, -0.1) is 11.3 Å². The molecule has 3 rings (SSSR count). The van der Waals surface area contributed by atoms with E-state index >= 15 is 0 Å². The number of esters is 1. The molecule has 0 fully saturated rings. The number of ether oxygens (including phenoxy) is 1. The third-order valence-electron chi connectivity index (χ3n) is 4.62. The molecule has 0 aliphatic heterocycles. The van der Waals surface area contributed by atoms with E-state index in [0.29, 0.717) is 10.4 Å². The maximum Gasteiger partial charge on any atom is 0.349 e. The van der Waals surface area contributed by atoms with Crippen LogP contribution < -0.4 is 0 Å². The molecule has 0 radical (unpaired) electrons. The predicted octanol–water partition coefficient (Wildman–Crippen LogP) is 4.72. The Morgan fingerprint density at radius 1 is 1.08 bits per heavy atom. The SMILES string of the molecule is Cc1ccc(-c2ccsc2C(=O)OCC(=O)c2cc(C)n(C)c2C)cc1. The van der Waals surface area contributed by atoms with Gasteiger partial charge in [0.15, 0.2) is 6.61 Å². The fraction of sp³-hybridized carbons (Fsp3) is 0.238. The van der Waals surface area contributed by atoms with E-state index in [1.807, 2.05) is 74.2 Å². The van der Waals surface area contributed by atoms with Gasteiger partial charge in [-0.05, 0) is 43.8 Å². The normalized spacial score (nSPS) is 10.8. The number of thiophene rings is 1. The second kappa shape index (κ2) is 7.30. The minimum atomic E-state index is -0.464. The van der Waals surface area contributed by atoms with Crippen LogP contribution in [0.25, 0.3) is 11.1 Å². The van der Waals surface area contributed by atoms with E-state index < -0.39 is 5.97 Å². The molecule has 2 aromatic heterocycles. The molecule has 134 valence electrons. The molecule has 0 unspecified atom stereocenters. The lowest BCUT2D eigenvalue weighted by atomic mass is 10.1. The van der Waals surface area contributed by atoms with Gasteiger partial charge in [0.25, 0.3) is 0 Å². The van der Waals surface area contributed by atoms with Crippen LogP contribution in [0.4, 0.5) is 0 Å². The zero-order valence-electron chi connectivity index (χ0n) is 15.3. The van der Waals surface area contributed by atoms with E-state index in [1.165, 1.54) is 11.3 Å². The highest BCUT2D eigenvalue weighted by atomic mass is 32.1. The molecule has 0 amide bonds. The van der Waals surface area contributed by atoms with Crippen molar-refractivity contribution in [1.82, 2.24) is 4.57 Å². The summed E-state index contributed by atoms with van der Waals surface area (Å²) in [7, 11) is 1.91. The van der Waals surface area contributed by atoms with Crippen molar-refractivity contribution in [2.45, 2.75) is 20.8 Å². The van der Waals surface area contributed by atoms with Crippen molar-refractivity contribution < 1.29 is 14.3 Å².